The van der Waals surface area contributed by atoms with Crippen molar-refractivity contribution in [1.29, 1.82) is 0 Å². The SMILES string of the molecule is CCCCCCC(C=CC(=O)O)CCC. The second-order valence-electron chi connectivity index (χ2n) is 4.10. The number of carboxylic acid groups (broad SMARTS) is 1. The van der Waals surface area contributed by atoms with Crippen molar-refractivity contribution in [3.63, 3.8) is 0 Å². The van der Waals surface area contributed by atoms with Crippen LogP contribution in [0.2, 0.25) is 0 Å². The Labute approximate surface area is 93.4 Å². The summed E-state index contributed by atoms with van der Waals surface area (Å²) in [5.74, 6) is -0.368. The van der Waals surface area contributed by atoms with Gasteiger partial charge in [-0.15, -0.1) is 0 Å². The quantitative estimate of drug-likeness (QED) is 0.463. The van der Waals surface area contributed by atoms with Crippen molar-refractivity contribution in [1.82, 2.24) is 0 Å². The summed E-state index contributed by atoms with van der Waals surface area (Å²) in [5, 5.41) is 8.55. The van der Waals surface area contributed by atoms with Gasteiger partial charge in [-0.1, -0.05) is 52.0 Å². The third-order valence-electron chi connectivity index (χ3n) is 2.60. The molecular weight excluding hydrogens is 188 g/mol. The molecule has 0 rings (SSSR count). The van der Waals surface area contributed by atoms with Crippen molar-refractivity contribution in [2.45, 2.75) is 58.8 Å². The van der Waals surface area contributed by atoms with E-state index in [4.69, 9.17) is 5.11 Å². The molecule has 0 bridgehead atoms. The first-order valence-corrected chi connectivity index (χ1v) is 6.11. The van der Waals surface area contributed by atoms with Gasteiger partial charge < -0.3 is 5.11 Å². The van der Waals surface area contributed by atoms with E-state index in [0.717, 1.165) is 19.3 Å². The van der Waals surface area contributed by atoms with Gasteiger partial charge in [-0.3, -0.25) is 0 Å². The number of allylic oxidation sites excluding steroid dienone is 1. The number of hydrogen-bond donors (Lipinski definition) is 1. The predicted octanol–water partition coefficient (Wildman–Crippen LogP) is 4.01. The summed E-state index contributed by atoms with van der Waals surface area (Å²) in [4.78, 5) is 10.4. The first kappa shape index (κ1) is 14.2. The molecule has 0 aromatic rings. The van der Waals surface area contributed by atoms with Crippen LogP contribution in [0.25, 0.3) is 0 Å². The summed E-state index contributed by atoms with van der Waals surface area (Å²) in [7, 11) is 0. The average molecular weight is 212 g/mol. The van der Waals surface area contributed by atoms with Gasteiger partial charge in [0.15, 0.2) is 0 Å². The second-order valence-corrected chi connectivity index (χ2v) is 4.10. The highest BCUT2D eigenvalue weighted by molar-refractivity contribution is 5.79. The molecule has 0 aliphatic carbocycles. The minimum atomic E-state index is -0.829. The highest BCUT2D eigenvalue weighted by atomic mass is 16.4. The summed E-state index contributed by atoms with van der Waals surface area (Å²) < 4.78 is 0. The van der Waals surface area contributed by atoms with E-state index < -0.39 is 5.97 Å². The van der Waals surface area contributed by atoms with E-state index in [0.29, 0.717) is 5.92 Å². The highest BCUT2D eigenvalue weighted by Crippen LogP contribution is 2.17. The molecule has 0 radical (unpaired) electrons. The van der Waals surface area contributed by atoms with Gasteiger partial charge in [0.25, 0.3) is 0 Å². The van der Waals surface area contributed by atoms with E-state index in [1.165, 1.54) is 31.8 Å². The Morgan fingerprint density at radius 3 is 2.40 bits per heavy atom. The van der Waals surface area contributed by atoms with E-state index in [1.807, 2.05) is 6.08 Å². The third kappa shape index (κ3) is 9.51. The van der Waals surface area contributed by atoms with E-state index in [1.54, 1.807) is 0 Å². The maximum Gasteiger partial charge on any atom is 0.327 e. The van der Waals surface area contributed by atoms with Gasteiger partial charge in [-0.2, -0.15) is 0 Å². The van der Waals surface area contributed by atoms with Crippen molar-refractivity contribution in [3.8, 4) is 0 Å². The summed E-state index contributed by atoms with van der Waals surface area (Å²) in [5.41, 5.74) is 0. The molecule has 0 amide bonds. The largest absolute Gasteiger partial charge is 0.478 e. The molecule has 0 fully saturated rings. The van der Waals surface area contributed by atoms with Crippen LogP contribution in [0.1, 0.15) is 58.8 Å². The van der Waals surface area contributed by atoms with Crippen molar-refractivity contribution in [2.24, 2.45) is 5.92 Å². The number of carbonyl (C=O) groups is 1. The van der Waals surface area contributed by atoms with Gasteiger partial charge >= 0.3 is 5.97 Å². The van der Waals surface area contributed by atoms with E-state index in [9.17, 15) is 4.79 Å². The zero-order valence-corrected chi connectivity index (χ0v) is 10.0. The minimum Gasteiger partial charge on any atom is -0.478 e. The van der Waals surface area contributed by atoms with Crippen molar-refractivity contribution in [2.75, 3.05) is 0 Å². The minimum absolute atomic E-state index is 0.461. The monoisotopic (exact) mass is 212 g/mol. The van der Waals surface area contributed by atoms with E-state index in [2.05, 4.69) is 13.8 Å². The summed E-state index contributed by atoms with van der Waals surface area (Å²) >= 11 is 0. The maximum absolute atomic E-state index is 10.4. The fourth-order valence-corrected chi connectivity index (χ4v) is 1.76. The van der Waals surface area contributed by atoms with Crippen LogP contribution in [0.5, 0.6) is 0 Å². The Hall–Kier alpha value is -0.790. The lowest BCUT2D eigenvalue weighted by Crippen LogP contribution is -1.98. The molecular formula is C13H24O2. The van der Waals surface area contributed by atoms with Gasteiger partial charge in [0, 0.05) is 6.08 Å². The van der Waals surface area contributed by atoms with Crippen LogP contribution in [0.4, 0.5) is 0 Å². The van der Waals surface area contributed by atoms with Crippen molar-refractivity contribution < 1.29 is 9.90 Å². The molecule has 1 N–H and O–H groups in total. The Kier molecular flexibility index (Phi) is 9.24. The number of carboxylic acids is 1. The molecule has 0 aromatic heterocycles. The molecule has 88 valence electrons. The summed E-state index contributed by atoms with van der Waals surface area (Å²) in [6.45, 7) is 4.35. The number of rotatable bonds is 9. The van der Waals surface area contributed by atoms with Crippen molar-refractivity contribution >= 4 is 5.97 Å². The fourth-order valence-electron chi connectivity index (χ4n) is 1.76. The van der Waals surface area contributed by atoms with Crippen LogP contribution in [0.3, 0.4) is 0 Å². The van der Waals surface area contributed by atoms with Gasteiger partial charge in [0.2, 0.25) is 0 Å². The molecule has 0 saturated carbocycles. The van der Waals surface area contributed by atoms with Gasteiger partial charge in [-0.25, -0.2) is 4.79 Å². The van der Waals surface area contributed by atoms with E-state index >= 15 is 0 Å². The Morgan fingerprint density at radius 1 is 1.13 bits per heavy atom. The molecule has 0 aromatic carbocycles. The zero-order chi connectivity index (χ0) is 11.5. The van der Waals surface area contributed by atoms with Crippen LogP contribution >= 0.6 is 0 Å². The van der Waals surface area contributed by atoms with Crippen LogP contribution in [-0.2, 0) is 4.79 Å². The molecule has 0 aliphatic heterocycles. The Morgan fingerprint density at radius 2 is 1.87 bits per heavy atom. The lowest BCUT2D eigenvalue weighted by Gasteiger charge is -2.10. The van der Waals surface area contributed by atoms with Gasteiger partial charge in [-0.05, 0) is 18.8 Å². The Balaban J connectivity index is 3.77. The summed E-state index contributed by atoms with van der Waals surface area (Å²) in [6, 6.07) is 0. The summed E-state index contributed by atoms with van der Waals surface area (Å²) in [6.07, 6.45) is 11.6. The van der Waals surface area contributed by atoms with Gasteiger partial charge in [0.1, 0.15) is 0 Å². The normalized spacial score (nSPS) is 13.2. The highest BCUT2D eigenvalue weighted by Gasteiger charge is 2.03. The molecule has 0 saturated heterocycles. The van der Waals surface area contributed by atoms with Gasteiger partial charge in [0.05, 0.1) is 0 Å². The topological polar surface area (TPSA) is 37.3 Å². The molecule has 0 heterocycles. The molecule has 2 nitrogen and oxygen atoms in total. The number of aliphatic carboxylic acids is 1. The van der Waals surface area contributed by atoms with Crippen LogP contribution in [0, 0.1) is 5.92 Å². The average Bonchev–Trinajstić information content (AvgIpc) is 2.20. The van der Waals surface area contributed by atoms with Crippen LogP contribution in [0.15, 0.2) is 12.2 Å². The van der Waals surface area contributed by atoms with E-state index in [-0.39, 0.29) is 0 Å². The molecule has 1 unspecified atom stereocenters. The van der Waals surface area contributed by atoms with Crippen LogP contribution < -0.4 is 0 Å². The molecule has 0 spiro atoms. The smallest absolute Gasteiger partial charge is 0.327 e. The number of hydrogen-bond acceptors (Lipinski definition) is 1. The third-order valence-corrected chi connectivity index (χ3v) is 2.60. The van der Waals surface area contributed by atoms with Crippen LogP contribution in [-0.4, -0.2) is 11.1 Å². The molecule has 15 heavy (non-hydrogen) atoms. The first-order chi connectivity index (χ1) is 7.20. The second kappa shape index (κ2) is 9.75. The standard InChI is InChI=1S/C13H24O2/c1-3-5-6-7-9-12(8-4-2)10-11-13(14)15/h10-12H,3-9H2,1-2H3,(H,14,15). The molecule has 2 heteroatoms. The molecule has 0 aliphatic rings. The maximum atomic E-state index is 10.4. The predicted molar refractivity (Wildman–Crippen MR) is 63.9 cm³/mol. The lowest BCUT2D eigenvalue weighted by molar-refractivity contribution is -0.131. The first-order valence-electron chi connectivity index (χ1n) is 6.11. The van der Waals surface area contributed by atoms with Crippen molar-refractivity contribution in [3.05, 3.63) is 12.2 Å². The number of unbranched alkanes of at least 4 members (excludes halogenated alkanes) is 3. The fraction of sp³-hybridized carbons (Fsp3) is 0.769. The Bertz CT molecular complexity index is 185. The molecule has 1 atom stereocenters. The lowest BCUT2D eigenvalue weighted by atomic mass is 9.96. The zero-order valence-electron chi connectivity index (χ0n) is 10.0.